The number of carbonyl (C=O) groups is 2. The van der Waals surface area contributed by atoms with Crippen LogP contribution in [0.1, 0.15) is 73.5 Å². The third-order valence-electron chi connectivity index (χ3n) is 6.44. The number of imidazole rings is 1. The number of benzene rings is 3. The summed E-state index contributed by atoms with van der Waals surface area (Å²) in [5.41, 5.74) is 10.6. The molecule has 0 atom stereocenters. The van der Waals surface area contributed by atoms with Crippen molar-refractivity contribution in [1.29, 1.82) is 0 Å². The number of hydrogen-bond donors (Lipinski definition) is 2. The Labute approximate surface area is 243 Å². The second-order valence-electron chi connectivity index (χ2n) is 9.15. The Kier molecular flexibility index (Phi) is 14.6. The second kappa shape index (κ2) is 18.2. The highest BCUT2D eigenvalue weighted by Gasteiger charge is 2.06. The number of aromatic amines is 1. The number of hydrogen-bond acceptors (Lipinski definition) is 6. The SMILES string of the molecule is CC.CN.Cc1nc2cccc(C=O)c2nc1C.O=CCCCCCCc1ncc(-c2ccc3ccccc3c2)[nH]1. The van der Waals surface area contributed by atoms with Crippen LogP contribution in [0.3, 0.4) is 0 Å². The molecule has 0 unspecified atom stereocenters. The highest BCUT2D eigenvalue weighted by atomic mass is 16.1. The molecule has 3 N–H and O–H groups in total. The van der Waals surface area contributed by atoms with E-state index in [1.165, 1.54) is 23.4 Å². The zero-order valence-corrected chi connectivity index (χ0v) is 25.0. The van der Waals surface area contributed by atoms with E-state index in [0.29, 0.717) is 17.5 Å². The molecule has 0 saturated heterocycles. The van der Waals surface area contributed by atoms with Crippen molar-refractivity contribution in [3.05, 3.63) is 89.6 Å². The molecule has 216 valence electrons. The zero-order valence-electron chi connectivity index (χ0n) is 25.0. The van der Waals surface area contributed by atoms with E-state index in [-0.39, 0.29) is 0 Å². The molecule has 0 aliphatic carbocycles. The number of H-pyrrole nitrogens is 1. The minimum absolute atomic E-state index is 0.595. The summed E-state index contributed by atoms with van der Waals surface area (Å²) < 4.78 is 0. The quantitative estimate of drug-likeness (QED) is 0.144. The van der Waals surface area contributed by atoms with Crippen molar-refractivity contribution in [3.63, 3.8) is 0 Å². The van der Waals surface area contributed by atoms with Gasteiger partial charge in [-0.25, -0.2) is 15.0 Å². The van der Waals surface area contributed by atoms with Crippen LogP contribution in [-0.2, 0) is 11.2 Å². The van der Waals surface area contributed by atoms with E-state index in [1.54, 1.807) is 6.07 Å². The maximum absolute atomic E-state index is 10.7. The Morgan fingerprint density at radius 2 is 1.51 bits per heavy atom. The van der Waals surface area contributed by atoms with Crippen molar-refractivity contribution in [3.8, 4) is 11.3 Å². The van der Waals surface area contributed by atoms with Gasteiger partial charge in [-0.1, -0.05) is 69.2 Å². The van der Waals surface area contributed by atoms with E-state index in [0.717, 1.165) is 73.1 Å². The van der Waals surface area contributed by atoms with Crippen LogP contribution in [0.25, 0.3) is 33.1 Å². The van der Waals surface area contributed by atoms with Gasteiger partial charge in [-0.2, -0.15) is 0 Å². The number of para-hydroxylation sites is 1. The summed E-state index contributed by atoms with van der Waals surface area (Å²) >= 11 is 0. The van der Waals surface area contributed by atoms with E-state index < -0.39 is 0 Å². The third kappa shape index (κ3) is 9.72. The first kappa shape index (κ1) is 33.0. The highest BCUT2D eigenvalue weighted by molar-refractivity contribution is 5.93. The number of fused-ring (bicyclic) bond motifs is 2. The lowest BCUT2D eigenvalue weighted by Crippen LogP contribution is -1.95. The van der Waals surface area contributed by atoms with E-state index in [9.17, 15) is 9.59 Å². The highest BCUT2D eigenvalue weighted by Crippen LogP contribution is 2.23. The molecule has 3 aromatic carbocycles. The number of aryl methyl sites for hydroxylation is 3. The topological polar surface area (TPSA) is 115 Å². The summed E-state index contributed by atoms with van der Waals surface area (Å²) in [6.07, 6.45) is 9.78. The molecule has 0 fully saturated rings. The molecule has 2 aromatic heterocycles. The van der Waals surface area contributed by atoms with Gasteiger partial charge in [-0.05, 0) is 62.7 Å². The zero-order chi connectivity index (χ0) is 30.0. The molecule has 0 aliphatic heterocycles. The Balaban J connectivity index is 0.000000279. The van der Waals surface area contributed by atoms with Gasteiger partial charge >= 0.3 is 0 Å². The predicted molar refractivity (Wildman–Crippen MR) is 170 cm³/mol. The molecular weight excluding hydrogens is 510 g/mol. The summed E-state index contributed by atoms with van der Waals surface area (Å²) in [4.78, 5) is 37.7. The lowest BCUT2D eigenvalue weighted by molar-refractivity contribution is -0.107. The molecule has 41 heavy (non-hydrogen) atoms. The van der Waals surface area contributed by atoms with Crippen LogP contribution in [0.4, 0.5) is 0 Å². The second-order valence-corrected chi connectivity index (χ2v) is 9.15. The Hall–Kier alpha value is -4.23. The maximum atomic E-state index is 10.7. The average Bonchev–Trinajstić information content (AvgIpc) is 3.50. The van der Waals surface area contributed by atoms with Gasteiger partial charge < -0.3 is 15.5 Å². The lowest BCUT2D eigenvalue weighted by atomic mass is 10.1. The van der Waals surface area contributed by atoms with Gasteiger partial charge in [0.1, 0.15) is 12.1 Å². The molecule has 5 aromatic rings. The number of aromatic nitrogens is 4. The first-order valence-electron chi connectivity index (χ1n) is 14.3. The van der Waals surface area contributed by atoms with Crippen LogP contribution in [0.5, 0.6) is 0 Å². The van der Waals surface area contributed by atoms with Crippen LogP contribution in [0, 0.1) is 13.8 Å². The molecule has 0 amide bonds. The Morgan fingerprint density at radius 1 is 0.805 bits per heavy atom. The standard InChI is InChI=1S/C20H22N2O.C11H10N2O.C2H6.CH5N/c23-13-7-3-1-2-4-10-20-21-15-19(22-20)18-12-11-16-8-5-6-9-17(16)14-18;1-7-8(2)13-11-9(6-14)4-3-5-10(11)12-7;2*1-2/h5-6,8-9,11-15H,1-4,7,10H2,(H,21,22);3-6H,1-2H3;1-2H3;2H2,1H3. The number of nitrogens with two attached hydrogens (primary N) is 1. The number of nitrogens with one attached hydrogen (secondary N) is 1. The fourth-order valence-corrected chi connectivity index (χ4v) is 4.23. The van der Waals surface area contributed by atoms with Crippen molar-refractivity contribution in [2.45, 2.75) is 66.2 Å². The molecule has 7 nitrogen and oxygen atoms in total. The van der Waals surface area contributed by atoms with Gasteiger partial charge in [0.05, 0.1) is 34.3 Å². The summed E-state index contributed by atoms with van der Waals surface area (Å²) in [7, 11) is 1.50. The minimum Gasteiger partial charge on any atom is -0.342 e. The fraction of sp³-hybridized carbons (Fsp3) is 0.324. The largest absolute Gasteiger partial charge is 0.342 e. The van der Waals surface area contributed by atoms with Crippen LogP contribution in [-0.4, -0.2) is 39.6 Å². The van der Waals surface area contributed by atoms with Crippen LogP contribution >= 0.6 is 0 Å². The summed E-state index contributed by atoms with van der Waals surface area (Å²) in [6.45, 7) is 7.80. The van der Waals surface area contributed by atoms with E-state index in [4.69, 9.17) is 0 Å². The van der Waals surface area contributed by atoms with Gasteiger partial charge in [0, 0.05) is 24.0 Å². The van der Waals surface area contributed by atoms with E-state index >= 15 is 0 Å². The average molecular weight is 554 g/mol. The molecule has 2 heterocycles. The van der Waals surface area contributed by atoms with E-state index in [2.05, 4.69) is 68.1 Å². The molecule has 0 aliphatic rings. The summed E-state index contributed by atoms with van der Waals surface area (Å²) in [5, 5.41) is 2.50. The molecular formula is C34H43N5O2. The number of unbranched alkanes of at least 4 members (excludes halogenated alkanes) is 4. The Bertz CT molecular complexity index is 1510. The predicted octanol–water partition coefficient (Wildman–Crippen LogP) is 7.58. The van der Waals surface area contributed by atoms with Crippen molar-refractivity contribution in [2.24, 2.45) is 5.73 Å². The van der Waals surface area contributed by atoms with Crippen molar-refractivity contribution in [2.75, 3.05) is 7.05 Å². The van der Waals surface area contributed by atoms with Crippen LogP contribution in [0.15, 0.2) is 66.9 Å². The molecule has 0 saturated carbocycles. The number of rotatable bonds is 9. The molecule has 7 heteroatoms. The van der Waals surface area contributed by atoms with Crippen molar-refractivity contribution in [1.82, 2.24) is 19.9 Å². The smallest absolute Gasteiger partial charge is 0.152 e. The first-order valence-corrected chi connectivity index (χ1v) is 14.3. The molecule has 0 spiro atoms. The monoisotopic (exact) mass is 553 g/mol. The minimum atomic E-state index is 0.595. The Morgan fingerprint density at radius 3 is 2.24 bits per heavy atom. The van der Waals surface area contributed by atoms with Crippen molar-refractivity contribution >= 4 is 34.4 Å². The maximum Gasteiger partial charge on any atom is 0.152 e. The van der Waals surface area contributed by atoms with Gasteiger partial charge in [-0.3, -0.25) is 4.79 Å². The number of nitrogens with zero attached hydrogens (tertiary/aromatic N) is 3. The van der Waals surface area contributed by atoms with Gasteiger partial charge in [0.25, 0.3) is 0 Å². The third-order valence-corrected chi connectivity index (χ3v) is 6.44. The number of carbonyl (C=O) groups excluding carboxylic acids is 2. The van der Waals surface area contributed by atoms with Gasteiger partial charge in [-0.15, -0.1) is 0 Å². The van der Waals surface area contributed by atoms with Gasteiger partial charge in [0.2, 0.25) is 0 Å². The summed E-state index contributed by atoms with van der Waals surface area (Å²) in [5.74, 6) is 1.04. The molecule has 0 radical (unpaired) electrons. The van der Waals surface area contributed by atoms with Gasteiger partial charge in [0.15, 0.2) is 6.29 Å². The van der Waals surface area contributed by atoms with Crippen LogP contribution in [0.2, 0.25) is 0 Å². The number of aldehydes is 2. The van der Waals surface area contributed by atoms with E-state index in [1.807, 2.05) is 46.0 Å². The normalized spacial score (nSPS) is 10.0. The lowest BCUT2D eigenvalue weighted by Gasteiger charge is -2.03. The summed E-state index contributed by atoms with van der Waals surface area (Å²) in [6, 6.07) is 20.3. The first-order chi connectivity index (χ1) is 20.1. The molecule has 0 bridgehead atoms. The molecule has 5 rings (SSSR count). The fourth-order valence-electron chi connectivity index (χ4n) is 4.23. The van der Waals surface area contributed by atoms with Crippen molar-refractivity contribution < 1.29 is 9.59 Å². The van der Waals surface area contributed by atoms with Crippen LogP contribution < -0.4 is 5.73 Å².